The lowest BCUT2D eigenvalue weighted by Gasteiger charge is -2.36. The number of anilines is 2. The van der Waals surface area contributed by atoms with Crippen LogP contribution < -0.4 is 10.2 Å². The van der Waals surface area contributed by atoms with Crippen molar-refractivity contribution in [2.45, 2.75) is 30.0 Å². The van der Waals surface area contributed by atoms with Gasteiger partial charge in [-0.1, -0.05) is 48.2 Å². The number of hydrogen-bond acceptors (Lipinski definition) is 4. The zero-order valence-electron chi connectivity index (χ0n) is 16.5. The van der Waals surface area contributed by atoms with Crippen LogP contribution in [0.25, 0.3) is 0 Å². The van der Waals surface area contributed by atoms with Crippen LogP contribution in [0.2, 0.25) is 0 Å². The number of nitrogens with one attached hydrogen (secondary N) is 1. The van der Waals surface area contributed by atoms with Gasteiger partial charge in [-0.05, 0) is 37.1 Å². The molecule has 1 N–H and O–H groups in total. The first-order valence-electron chi connectivity index (χ1n) is 9.33. The maximum atomic E-state index is 13.1. The van der Waals surface area contributed by atoms with Crippen LogP contribution in [0, 0.1) is 6.92 Å². The second-order valence-corrected chi connectivity index (χ2v) is 8.73. The molecule has 0 bridgehead atoms. The van der Waals surface area contributed by atoms with E-state index >= 15 is 0 Å². The summed E-state index contributed by atoms with van der Waals surface area (Å²) >= 11 is 1.28. The molecule has 6 nitrogen and oxygen atoms in total. The Labute approximate surface area is 173 Å². The minimum absolute atomic E-state index is 0.244. The number of aryl methyl sites for hydroxylation is 1. The molecule has 7 heteroatoms. The van der Waals surface area contributed by atoms with E-state index in [-0.39, 0.29) is 11.8 Å². The highest BCUT2D eigenvalue weighted by Crippen LogP contribution is 2.45. The molecular formula is C22H22N4O2S. The van der Waals surface area contributed by atoms with Gasteiger partial charge >= 0.3 is 0 Å². The first kappa shape index (κ1) is 19.3. The Morgan fingerprint density at radius 1 is 1.17 bits per heavy atom. The molecule has 2 heterocycles. The number of amides is 2. The third-order valence-electron chi connectivity index (χ3n) is 5.17. The quantitative estimate of drug-likeness (QED) is 0.671. The van der Waals surface area contributed by atoms with E-state index in [0.29, 0.717) is 12.2 Å². The smallest absolute Gasteiger partial charge is 0.252 e. The molecule has 1 atom stereocenters. The Kier molecular flexibility index (Phi) is 4.92. The van der Waals surface area contributed by atoms with Crippen LogP contribution >= 0.6 is 11.8 Å². The maximum Gasteiger partial charge on any atom is 0.252 e. The van der Waals surface area contributed by atoms with Crippen LogP contribution in [-0.4, -0.2) is 33.4 Å². The molecule has 2 aromatic carbocycles. The highest BCUT2D eigenvalue weighted by molar-refractivity contribution is 8.02. The van der Waals surface area contributed by atoms with E-state index < -0.39 is 4.75 Å². The van der Waals surface area contributed by atoms with E-state index in [1.165, 1.54) is 17.3 Å². The number of nitrogens with zero attached hydrogens (tertiary/aromatic N) is 3. The molecule has 1 aromatic heterocycles. The van der Waals surface area contributed by atoms with Gasteiger partial charge in [0.2, 0.25) is 5.91 Å². The van der Waals surface area contributed by atoms with Gasteiger partial charge in [-0.3, -0.25) is 14.3 Å². The summed E-state index contributed by atoms with van der Waals surface area (Å²) in [4.78, 5) is 28.5. The van der Waals surface area contributed by atoms with Crippen molar-refractivity contribution in [1.29, 1.82) is 0 Å². The lowest BCUT2D eigenvalue weighted by Crippen LogP contribution is -2.53. The average Bonchev–Trinajstić information content (AvgIpc) is 3.15. The molecule has 1 unspecified atom stereocenters. The summed E-state index contributed by atoms with van der Waals surface area (Å²) < 4.78 is 0.527. The fraction of sp³-hybridized carbons (Fsp3) is 0.227. The minimum Gasteiger partial charge on any atom is -0.322 e. The molecule has 1 aliphatic rings. The van der Waals surface area contributed by atoms with Crippen LogP contribution in [0.5, 0.6) is 0 Å². The summed E-state index contributed by atoms with van der Waals surface area (Å²) in [6, 6.07) is 15.7. The molecule has 3 aromatic rings. The van der Waals surface area contributed by atoms with Gasteiger partial charge in [0.15, 0.2) is 4.75 Å². The fourth-order valence-electron chi connectivity index (χ4n) is 3.38. The summed E-state index contributed by atoms with van der Waals surface area (Å²) in [6.07, 6.45) is 3.39. The lowest BCUT2D eigenvalue weighted by atomic mass is 10.1. The van der Waals surface area contributed by atoms with Crippen molar-refractivity contribution in [2.75, 3.05) is 17.3 Å². The number of fused-ring (bicyclic) bond motifs is 1. The van der Waals surface area contributed by atoms with Crippen molar-refractivity contribution in [3.05, 3.63) is 72.1 Å². The number of thioether (sulfide) groups is 1. The molecule has 148 valence electrons. The summed E-state index contributed by atoms with van der Waals surface area (Å²) in [5.41, 5.74) is 3.74. The number of aromatic nitrogens is 2. The molecule has 0 spiro atoms. The van der Waals surface area contributed by atoms with Gasteiger partial charge in [-0.25, -0.2) is 0 Å². The number of rotatable bonds is 4. The van der Waals surface area contributed by atoms with Crippen molar-refractivity contribution >= 4 is 35.0 Å². The van der Waals surface area contributed by atoms with Crippen molar-refractivity contribution in [1.82, 2.24) is 9.78 Å². The molecule has 0 saturated heterocycles. The van der Waals surface area contributed by atoms with Gasteiger partial charge in [0.1, 0.15) is 0 Å². The molecule has 0 radical (unpaired) electrons. The second kappa shape index (κ2) is 7.40. The molecule has 29 heavy (non-hydrogen) atoms. The second-order valence-electron chi connectivity index (χ2n) is 7.27. The van der Waals surface area contributed by atoms with Crippen molar-refractivity contribution in [2.24, 2.45) is 0 Å². The molecule has 0 saturated carbocycles. The van der Waals surface area contributed by atoms with Gasteiger partial charge in [0.25, 0.3) is 5.91 Å². The average molecular weight is 407 g/mol. The Morgan fingerprint density at radius 2 is 1.90 bits per heavy atom. The van der Waals surface area contributed by atoms with E-state index in [4.69, 9.17) is 0 Å². The standard InChI is InChI=1S/C22H22N4O2S/c1-15-8-4-5-9-16(15)13-26-14-17(12-23-26)24-20(27)22(2)21(28)25(3)18-10-6-7-11-19(18)29-22/h4-12,14H,13H2,1-3H3,(H,24,27). The largest absolute Gasteiger partial charge is 0.322 e. The van der Waals surface area contributed by atoms with Gasteiger partial charge in [0, 0.05) is 18.1 Å². The van der Waals surface area contributed by atoms with Gasteiger partial charge in [-0.2, -0.15) is 5.10 Å². The third kappa shape index (κ3) is 3.53. The predicted octanol–water partition coefficient (Wildman–Crippen LogP) is 3.71. The number of benzene rings is 2. The Bertz CT molecular complexity index is 1090. The number of carbonyl (C=O) groups is 2. The van der Waals surface area contributed by atoms with E-state index in [0.717, 1.165) is 16.1 Å². The van der Waals surface area contributed by atoms with Crippen LogP contribution in [0.1, 0.15) is 18.1 Å². The molecule has 0 fully saturated rings. The van der Waals surface area contributed by atoms with Crippen LogP contribution in [-0.2, 0) is 16.1 Å². The minimum atomic E-state index is -1.25. The summed E-state index contributed by atoms with van der Waals surface area (Å²) in [6.45, 7) is 4.34. The molecule has 0 aliphatic carbocycles. The SMILES string of the molecule is Cc1ccccc1Cn1cc(NC(=O)C2(C)Sc3ccccc3N(C)C2=O)cn1. The van der Waals surface area contributed by atoms with Crippen LogP contribution in [0.15, 0.2) is 65.8 Å². The molecule has 2 amide bonds. The first-order valence-corrected chi connectivity index (χ1v) is 10.1. The van der Waals surface area contributed by atoms with E-state index in [1.807, 2.05) is 36.4 Å². The number of carbonyl (C=O) groups excluding carboxylic acids is 2. The zero-order chi connectivity index (χ0) is 20.6. The third-order valence-corrected chi connectivity index (χ3v) is 6.50. The highest BCUT2D eigenvalue weighted by Gasteiger charge is 2.48. The fourth-order valence-corrected chi connectivity index (χ4v) is 4.65. The van der Waals surface area contributed by atoms with Gasteiger partial charge < -0.3 is 10.2 Å². The van der Waals surface area contributed by atoms with Crippen LogP contribution in [0.4, 0.5) is 11.4 Å². The molecule has 4 rings (SSSR count). The summed E-state index contributed by atoms with van der Waals surface area (Å²) in [5.74, 6) is -0.602. The van der Waals surface area contributed by atoms with E-state index in [2.05, 4.69) is 29.5 Å². The maximum absolute atomic E-state index is 13.1. The lowest BCUT2D eigenvalue weighted by molar-refractivity contribution is -0.128. The zero-order valence-corrected chi connectivity index (χ0v) is 17.4. The summed E-state index contributed by atoms with van der Waals surface area (Å²) in [7, 11) is 1.70. The van der Waals surface area contributed by atoms with Crippen molar-refractivity contribution < 1.29 is 9.59 Å². The van der Waals surface area contributed by atoms with Crippen molar-refractivity contribution in [3.8, 4) is 0 Å². The number of hydrogen-bond donors (Lipinski definition) is 1. The molecular weight excluding hydrogens is 384 g/mol. The Hall–Kier alpha value is -3.06. The van der Waals surface area contributed by atoms with Gasteiger partial charge in [0.05, 0.1) is 24.1 Å². The normalized spacial score (nSPS) is 18.4. The Morgan fingerprint density at radius 3 is 2.69 bits per heavy atom. The van der Waals surface area contributed by atoms with Gasteiger partial charge in [-0.15, -0.1) is 0 Å². The number of para-hydroxylation sites is 1. The van der Waals surface area contributed by atoms with E-state index in [9.17, 15) is 9.59 Å². The first-order chi connectivity index (χ1) is 13.9. The van der Waals surface area contributed by atoms with Crippen molar-refractivity contribution in [3.63, 3.8) is 0 Å². The summed E-state index contributed by atoms with van der Waals surface area (Å²) in [5, 5.41) is 7.21. The van der Waals surface area contributed by atoms with E-state index in [1.54, 1.807) is 35.9 Å². The monoisotopic (exact) mass is 406 g/mol. The topological polar surface area (TPSA) is 67.2 Å². The molecule has 1 aliphatic heterocycles. The van der Waals surface area contributed by atoms with Crippen LogP contribution in [0.3, 0.4) is 0 Å². The predicted molar refractivity (Wildman–Crippen MR) is 115 cm³/mol. The Balaban J connectivity index is 1.52. The highest BCUT2D eigenvalue weighted by atomic mass is 32.2.